The van der Waals surface area contributed by atoms with Gasteiger partial charge in [0.25, 0.3) is 0 Å². The lowest BCUT2D eigenvalue weighted by molar-refractivity contribution is -0.140. The zero-order valence-electron chi connectivity index (χ0n) is 9.27. The number of halogens is 4. The molecule has 0 heterocycles. The van der Waals surface area contributed by atoms with Crippen LogP contribution in [0.5, 0.6) is 0 Å². The quantitative estimate of drug-likeness (QED) is 0.576. The third-order valence-electron chi connectivity index (χ3n) is 2.35. The molecule has 0 aliphatic rings. The Morgan fingerprint density at radius 2 is 1.94 bits per heavy atom. The second kappa shape index (κ2) is 5.29. The fourth-order valence-corrected chi connectivity index (χ4v) is 1.40. The summed E-state index contributed by atoms with van der Waals surface area (Å²) in [5, 5.41) is 0. The molecule has 1 aromatic rings. The average Bonchev–Trinajstić information content (AvgIpc) is 2.23. The Hall–Kier alpha value is -1.39. The van der Waals surface area contributed by atoms with E-state index in [1.165, 1.54) is 0 Å². The fraction of sp³-hybridized carbons (Fsp3) is 0.417. The lowest BCUT2D eigenvalue weighted by atomic mass is 10.0. The van der Waals surface area contributed by atoms with Crippen molar-refractivity contribution in [3.63, 3.8) is 0 Å². The molecule has 0 aliphatic heterocycles. The van der Waals surface area contributed by atoms with Crippen LogP contribution in [0.3, 0.4) is 0 Å². The summed E-state index contributed by atoms with van der Waals surface area (Å²) in [5.74, 6) is -1.74. The van der Waals surface area contributed by atoms with Crippen molar-refractivity contribution in [1.82, 2.24) is 0 Å². The number of rotatable bonds is 4. The highest BCUT2D eigenvalue weighted by Crippen LogP contribution is 2.31. The SMILES string of the molecule is CCCCC(=O)c1ccc(C(F)(F)F)c(F)c1. The van der Waals surface area contributed by atoms with Gasteiger partial charge in [-0.15, -0.1) is 0 Å². The molecule has 0 saturated carbocycles. The number of benzene rings is 1. The first-order valence-electron chi connectivity index (χ1n) is 5.26. The van der Waals surface area contributed by atoms with E-state index in [4.69, 9.17) is 0 Å². The van der Waals surface area contributed by atoms with Crippen molar-refractivity contribution in [2.45, 2.75) is 32.4 Å². The summed E-state index contributed by atoms with van der Waals surface area (Å²) in [5.41, 5.74) is -1.35. The second-order valence-corrected chi connectivity index (χ2v) is 3.72. The summed E-state index contributed by atoms with van der Waals surface area (Å²) in [4.78, 5) is 11.5. The van der Waals surface area contributed by atoms with Gasteiger partial charge in [-0.2, -0.15) is 13.2 Å². The summed E-state index contributed by atoms with van der Waals surface area (Å²) >= 11 is 0. The Labute approximate surface area is 96.4 Å². The van der Waals surface area contributed by atoms with Crippen LogP contribution in [0.2, 0.25) is 0 Å². The van der Waals surface area contributed by atoms with Crippen molar-refractivity contribution in [3.05, 3.63) is 35.1 Å². The molecule has 17 heavy (non-hydrogen) atoms. The Kier molecular flexibility index (Phi) is 4.26. The van der Waals surface area contributed by atoms with E-state index in [-0.39, 0.29) is 17.8 Å². The number of Topliss-reactive ketones (excluding diaryl/α,β-unsaturated/α-hetero) is 1. The topological polar surface area (TPSA) is 17.1 Å². The zero-order valence-corrected chi connectivity index (χ0v) is 9.27. The van der Waals surface area contributed by atoms with Crippen molar-refractivity contribution < 1.29 is 22.4 Å². The van der Waals surface area contributed by atoms with Gasteiger partial charge >= 0.3 is 6.18 Å². The van der Waals surface area contributed by atoms with Gasteiger partial charge in [-0.3, -0.25) is 4.79 Å². The van der Waals surface area contributed by atoms with E-state index in [2.05, 4.69) is 0 Å². The zero-order chi connectivity index (χ0) is 13.1. The monoisotopic (exact) mass is 248 g/mol. The molecule has 0 unspecified atom stereocenters. The van der Waals surface area contributed by atoms with E-state index in [0.29, 0.717) is 18.6 Å². The van der Waals surface area contributed by atoms with Crippen LogP contribution in [0.15, 0.2) is 18.2 Å². The van der Waals surface area contributed by atoms with Crippen molar-refractivity contribution in [1.29, 1.82) is 0 Å². The first-order valence-corrected chi connectivity index (χ1v) is 5.26. The third-order valence-corrected chi connectivity index (χ3v) is 2.35. The third kappa shape index (κ3) is 3.54. The van der Waals surface area contributed by atoms with Gasteiger partial charge in [0.2, 0.25) is 0 Å². The van der Waals surface area contributed by atoms with Crippen LogP contribution >= 0.6 is 0 Å². The molecule has 0 N–H and O–H groups in total. The van der Waals surface area contributed by atoms with E-state index in [9.17, 15) is 22.4 Å². The molecule has 0 fully saturated rings. The molecular formula is C12H12F4O. The minimum atomic E-state index is -4.73. The number of ketones is 1. The molecule has 1 aromatic carbocycles. The Morgan fingerprint density at radius 1 is 1.29 bits per heavy atom. The summed E-state index contributed by atoms with van der Waals surface area (Å²) in [7, 11) is 0. The van der Waals surface area contributed by atoms with Crippen LogP contribution in [0.25, 0.3) is 0 Å². The Morgan fingerprint density at radius 3 is 2.41 bits per heavy atom. The highest BCUT2D eigenvalue weighted by molar-refractivity contribution is 5.96. The molecule has 94 valence electrons. The predicted molar refractivity (Wildman–Crippen MR) is 55.3 cm³/mol. The lowest BCUT2D eigenvalue weighted by Gasteiger charge is -2.08. The van der Waals surface area contributed by atoms with Gasteiger partial charge in [0.05, 0.1) is 5.56 Å². The van der Waals surface area contributed by atoms with Gasteiger partial charge in [-0.25, -0.2) is 4.39 Å². The van der Waals surface area contributed by atoms with Gasteiger partial charge in [0.15, 0.2) is 5.78 Å². The molecule has 0 aliphatic carbocycles. The summed E-state index contributed by atoms with van der Waals surface area (Å²) in [6, 6.07) is 2.28. The van der Waals surface area contributed by atoms with Gasteiger partial charge in [-0.1, -0.05) is 19.4 Å². The van der Waals surface area contributed by atoms with Crippen LogP contribution in [-0.2, 0) is 6.18 Å². The van der Waals surface area contributed by atoms with Crippen LogP contribution in [0.4, 0.5) is 17.6 Å². The highest BCUT2D eigenvalue weighted by atomic mass is 19.4. The molecule has 0 atom stereocenters. The molecule has 1 rings (SSSR count). The van der Waals surface area contributed by atoms with Gasteiger partial charge in [0.1, 0.15) is 5.82 Å². The number of hydrogen-bond donors (Lipinski definition) is 0. The van der Waals surface area contributed by atoms with E-state index < -0.39 is 17.6 Å². The van der Waals surface area contributed by atoms with Crippen LogP contribution in [0.1, 0.15) is 42.1 Å². The molecule has 0 amide bonds. The summed E-state index contributed by atoms with van der Waals surface area (Å²) < 4.78 is 49.9. The smallest absolute Gasteiger partial charge is 0.294 e. The van der Waals surface area contributed by atoms with Crippen molar-refractivity contribution in [2.75, 3.05) is 0 Å². The molecular weight excluding hydrogens is 236 g/mol. The minimum Gasteiger partial charge on any atom is -0.294 e. The Bertz CT molecular complexity index is 409. The van der Waals surface area contributed by atoms with E-state index >= 15 is 0 Å². The maximum Gasteiger partial charge on any atom is 0.419 e. The fourth-order valence-electron chi connectivity index (χ4n) is 1.40. The van der Waals surface area contributed by atoms with Gasteiger partial charge in [-0.05, 0) is 18.6 Å². The first-order chi connectivity index (χ1) is 7.86. The maximum absolute atomic E-state index is 13.2. The van der Waals surface area contributed by atoms with Crippen molar-refractivity contribution in [3.8, 4) is 0 Å². The summed E-state index contributed by atoms with van der Waals surface area (Å²) in [6.07, 6.45) is -3.06. The van der Waals surface area contributed by atoms with Crippen molar-refractivity contribution >= 4 is 5.78 Å². The molecule has 1 nitrogen and oxygen atoms in total. The summed E-state index contributed by atoms with van der Waals surface area (Å²) in [6.45, 7) is 1.89. The minimum absolute atomic E-state index is 0.0102. The number of unbranched alkanes of at least 4 members (excludes halogenated alkanes) is 1. The lowest BCUT2D eigenvalue weighted by Crippen LogP contribution is -2.09. The number of carbonyl (C=O) groups excluding carboxylic acids is 1. The number of carbonyl (C=O) groups is 1. The molecule has 0 spiro atoms. The van der Waals surface area contributed by atoms with E-state index in [1.807, 2.05) is 6.92 Å². The molecule has 0 saturated heterocycles. The maximum atomic E-state index is 13.2. The Balaban J connectivity index is 2.93. The molecule has 5 heteroatoms. The number of hydrogen-bond acceptors (Lipinski definition) is 1. The molecule has 0 bridgehead atoms. The average molecular weight is 248 g/mol. The van der Waals surface area contributed by atoms with Crippen LogP contribution < -0.4 is 0 Å². The van der Waals surface area contributed by atoms with E-state index in [1.54, 1.807) is 0 Å². The first kappa shape index (κ1) is 13.7. The normalized spacial score (nSPS) is 11.6. The number of alkyl halides is 3. The standard InChI is InChI=1S/C12H12F4O/c1-2-3-4-11(17)8-5-6-9(10(13)7-8)12(14,15)16/h5-7H,2-4H2,1H3. The molecule has 0 radical (unpaired) electrons. The van der Waals surface area contributed by atoms with Gasteiger partial charge < -0.3 is 0 Å². The largest absolute Gasteiger partial charge is 0.419 e. The molecule has 0 aromatic heterocycles. The van der Waals surface area contributed by atoms with Crippen LogP contribution in [0, 0.1) is 5.82 Å². The van der Waals surface area contributed by atoms with E-state index in [0.717, 1.165) is 12.5 Å². The van der Waals surface area contributed by atoms with Gasteiger partial charge in [0, 0.05) is 12.0 Å². The predicted octanol–water partition coefficient (Wildman–Crippen LogP) is 4.22. The van der Waals surface area contributed by atoms with Crippen molar-refractivity contribution in [2.24, 2.45) is 0 Å². The van der Waals surface area contributed by atoms with Crippen LogP contribution in [-0.4, -0.2) is 5.78 Å². The highest BCUT2D eigenvalue weighted by Gasteiger charge is 2.34. The second-order valence-electron chi connectivity index (χ2n) is 3.72.